The summed E-state index contributed by atoms with van der Waals surface area (Å²) in [5.74, 6) is 2.94. The van der Waals surface area contributed by atoms with Gasteiger partial charge in [0.05, 0.1) is 5.69 Å². The summed E-state index contributed by atoms with van der Waals surface area (Å²) >= 11 is 0. The van der Waals surface area contributed by atoms with Gasteiger partial charge in [0.15, 0.2) is 17.3 Å². The van der Waals surface area contributed by atoms with Crippen molar-refractivity contribution in [2.75, 3.05) is 6.79 Å². The van der Waals surface area contributed by atoms with Crippen LogP contribution in [0.1, 0.15) is 38.4 Å². The summed E-state index contributed by atoms with van der Waals surface area (Å²) in [7, 11) is 0. The van der Waals surface area contributed by atoms with Gasteiger partial charge < -0.3 is 19.5 Å². The molecule has 3 aromatic rings. The molecule has 160 valence electrons. The number of rotatable bonds is 4. The smallest absolute Gasteiger partial charge is 0.413 e. The van der Waals surface area contributed by atoms with E-state index in [2.05, 4.69) is 27.8 Å². The molecule has 1 aliphatic heterocycles. The summed E-state index contributed by atoms with van der Waals surface area (Å²) in [6.45, 7) is 2.41. The lowest BCUT2D eigenvalue weighted by atomic mass is 9.76. The second kappa shape index (κ2) is 7.90. The molecule has 0 spiro atoms. The van der Waals surface area contributed by atoms with Gasteiger partial charge in [-0.15, -0.1) is 5.10 Å². The number of aromatic nitrogens is 4. The molecule has 9 nitrogen and oxygen atoms in total. The third-order valence-electron chi connectivity index (χ3n) is 5.92. The monoisotopic (exact) mass is 421 g/mol. The van der Waals surface area contributed by atoms with Gasteiger partial charge in [-0.3, -0.25) is 0 Å². The van der Waals surface area contributed by atoms with Crippen LogP contribution < -0.4 is 19.5 Å². The van der Waals surface area contributed by atoms with Crippen molar-refractivity contribution >= 4 is 6.09 Å². The van der Waals surface area contributed by atoms with Crippen molar-refractivity contribution in [3.05, 3.63) is 54.4 Å². The topological polar surface area (TPSA) is 100 Å². The first-order valence-corrected chi connectivity index (χ1v) is 10.4. The number of fused-ring (bicyclic) bond motifs is 1. The van der Waals surface area contributed by atoms with E-state index in [-0.39, 0.29) is 6.79 Å². The lowest BCUT2D eigenvalue weighted by Crippen LogP contribution is -2.50. The molecule has 1 saturated carbocycles. The summed E-state index contributed by atoms with van der Waals surface area (Å²) in [5, 5.41) is 15.5. The standard InChI is InChI=1S/C22H23N5O4/c1-15-9-11-22(12-10-15,23-21(28)31-17-5-3-2-4-6-17)20-24-25-26-27(20)16-7-8-18-19(13-16)30-14-29-18/h2-8,13,15H,9-12,14H2,1H3,(H,23,28). The summed E-state index contributed by atoms with van der Waals surface area (Å²) in [5.41, 5.74) is -0.00130. The van der Waals surface area contributed by atoms with Gasteiger partial charge in [-0.2, -0.15) is 4.68 Å². The van der Waals surface area contributed by atoms with Crippen molar-refractivity contribution in [1.29, 1.82) is 0 Å². The minimum absolute atomic E-state index is 0.190. The number of benzene rings is 2. The summed E-state index contributed by atoms with van der Waals surface area (Å²) in [4.78, 5) is 12.8. The quantitative estimate of drug-likeness (QED) is 0.687. The van der Waals surface area contributed by atoms with E-state index in [1.807, 2.05) is 36.4 Å². The maximum absolute atomic E-state index is 12.8. The Balaban J connectivity index is 1.47. The number of para-hydroxylation sites is 1. The van der Waals surface area contributed by atoms with Crippen molar-refractivity contribution in [3.63, 3.8) is 0 Å². The van der Waals surface area contributed by atoms with E-state index in [1.165, 1.54) is 0 Å². The van der Waals surface area contributed by atoms with Crippen molar-refractivity contribution in [2.45, 2.75) is 38.1 Å². The molecule has 9 heteroatoms. The van der Waals surface area contributed by atoms with Crippen LogP contribution in [0.4, 0.5) is 4.79 Å². The predicted octanol–water partition coefficient (Wildman–Crippen LogP) is 3.59. The van der Waals surface area contributed by atoms with Gasteiger partial charge in [0.1, 0.15) is 11.3 Å². The molecule has 0 saturated heterocycles. The van der Waals surface area contributed by atoms with E-state index in [9.17, 15) is 4.79 Å². The van der Waals surface area contributed by atoms with Crippen LogP contribution in [0.15, 0.2) is 48.5 Å². The maximum Gasteiger partial charge on any atom is 0.413 e. The lowest BCUT2D eigenvalue weighted by Gasteiger charge is -2.38. The molecule has 0 atom stereocenters. The largest absolute Gasteiger partial charge is 0.454 e. The number of hydrogen-bond donors (Lipinski definition) is 1. The van der Waals surface area contributed by atoms with E-state index in [0.29, 0.717) is 41.8 Å². The second-order valence-corrected chi connectivity index (χ2v) is 8.04. The molecule has 1 aromatic heterocycles. The number of carbonyl (C=O) groups excluding carboxylic acids is 1. The van der Waals surface area contributed by atoms with Crippen molar-refractivity contribution in [1.82, 2.24) is 25.5 Å². The second-order valence-electron chi connectivity index (χ2n) is 8.04. The highest BCUT2D eigenvalue weighted by Gasteiger charge is 2.42. The zero-order valence-electron chi connectivity index (χ0n) is 17.2. The molecule has 0 bridgehead atoms. The van der Waals surface area contributed by atoms with E-state index in [0.717, 1.165) is 18.5 Å². The van der Waals surface area contributed by atoms with E-state index in [4.69, 9.17) is 14.2 Å². The molecule has 0 radical (unpaired) electrons. The average molecular weight is 421 g/mol. The SMILES string of the molecule is CC1CCC(NC(=O)Oc2ccccc2)(c2nnnn2-c2ccc3c(c2)OCO3)CC1. The number of amides is 1. The van der Waals surface area contributed by atoms with Gasteiger partial charge in [-0.25, -0.2) is 4.79 Å². The van der Waals surface area contributed by atoms with Crippen LogP contribution in [0.25, 0.3) is 5.69 Å². The van der Waals surface area contributed by atoms with Crippen LogP contribution in [0, 0.1) is 5.92 Å². The van der Waals surface area contributed by atoms with Crippen molar-refractivity contribution in [2.24, 2.45) is 5.92 Å². The Morgan fingerprint density at radius 3 is 2.71 bits per heavy atom. The Morgan fingerprint density at radius 2 is 1.90 bits per heavy atom. The van der Waals surface area contributed by atoms with Crippen LogP contribution in [-0.4, -0.2) is 33.1 Å². The number of nitrogens with one attached hydrogen (secondary N) is 1. The molecular weight excluding hydrogens is 398 g/mol. The number of tetrazole rings is 1. The van der Waals surface area contributed by atoms with Gasteiger partial charge in [-0.1, -0.05) is 25.1 Å². The normalized spacial score (nSPS) is 22.2. The van der Waals surface area contributed by atoms with E-state index in [1.54, 1.807) is 16.8 Å². The van der Waals surface area contributed by atoms with E-state index < -0.39 is 11.6 Å². The molecule has 1 fully saturated rings. The van der Waals surface area contributed by atoms with Gasteiger partial charge in [0.2, 0.25) is 6.79 Å². The molecule has 1 N–H and O–H groups in total. The highest BCUT2D eigenvalue weighted by molar-refractivity contribution is 5.71. The van der Waals surface area contributed by atoms with Crippen molar-refractivity contribution in [3.8, 4) is 22.9 Å². The van der Waals surface area contributed by atoms with Gasteiger partial charge in [-0.05, 0) is 66.3 Å². The molecule has 2 aliphatic rings. The maximum atomic E-state index is 12.8. The average Bonchev–Trinajstić information content (AvgIpc) is 3.45. The first-order valence-electron chi connectivity index (χ1n) is 10.4. The lowest BCUT2D eigenvalue weighted by molar-refractivity contribution is 0.150. The van der Waals surface area contributed by atoms with Crippen LogP contribution in [0.3, 0.4) is 0 Å². The molecule has 31 heavy (non-hydrogen) atoms. The molecule has 1 aliphatic carbocycles. The number of hydrogen-bond acceptors (Lipinski definition) is 7. The third kappa shape index (κ3) is 3.78. The predicted molar refractivity (Wildman–Crippen MR) is 110 cm³/mol. The Bertz CT molecular complexity index is 1080. The fourth-order valence-electron chi connectivity index (χ4n) is 4.15. The first kappa shape index (κ1) is 19.3. The number of nitrogens with zero attached hydrogens (tertiary/aromatic N) is 4. The highest BCUT2D eigenvalue weighted by Crippen LogP contribution is 2.40. The first-order chi connectivity index (χ1) is 15.1. The Labute approximate surface area is 179 Å². The van der Waals surface area contributed by atoms with Crippen LogP contribution in [0.5, 0.6) is 17.2 Å². The molecule has 2 aromatic carbocycles. The fraction of sp³-hybridized carbons (Fsp3) is 0.364. The van der Waals surface area contributed by atoms with Gasteiger partial charge >= 0.3 is 6.09 Å². The van der Waals surface area contributed by atoms with Crippen LogP contribution >= 0.6 is 0 Å². The summed E-state index contributed by atoms with van der Waals surface area (Å²) < 4.78 is 18.1. The molecule has 1 amide bonds. The summed E-state index contributed by atoms with van der Waals surface area (Å²) in [6.07, 6.45) is 2.78. The Morgan fingerprint density at radius 1 is 1.13 bits per heavy atom. The zero-order valence-corrected chi connectivity index (χ0v) is 17.2. The molecular formula is C22H23N5O4. The third-order valence-corrected chi connectivity index (χ3v) is 5.92. The number of ether oxygens (including phenoxy) is 3. The van der Waals surface area contributed by atoms with E-state index >= 15 is 0 Å². The molecule has 5 rings (SSSR count). The molecule has 2 heterocycles. The van der Waals surface area contributed by atoms with Crippen molar-refractivity contribution < 1.29 is 19.0 Å². The van der Waals surface area contributed by atoms with Crippen LogP contribution in [-0.2, 0) is 5.54 Å². The highest BCUT2D eigenvalue weighted by atomic mass is 16.7. The molecule has 0 unspecified atom stereocenters. The fourth-order valence-corrected chi connectivity index (χ4v) is 4.15. The number of carbonyl (C=O) groups is 1. The Kier molecular flexibility index (Phi) is 4.93. The van der Waals surface area contributed by atoms with Crippen LogP contribution in [0.2, 0.25) is 0 Å². The van der Waals surface area contributed by atoms with Gasteiger partial charge in [0.25, 0.3) is 0 Å². The zero-order chi connectivity index (χ0) is 21.3. The minimum Gasteiger partial charge on any atom is -0.454 e. The summed E-state index contributed by atoms with van der Waals surface area (Å²) in [6, 6.07) is 14.5. The van der Waals surface area contributed by atoms with Gasteiger partial charge in [0, 0.05) is 6.07 Å². The Hall–Kier alpha value is -3.62. The minimum atomic E-state index is -0.738.